The number of hydrogen-bond donors (Lipinski definition) is 2. The second-order valence-corrected chi connectivity index (χ2v) is 12.6. The van der Waals surface area contributed by atoms with Crippen molar-refractivity contribution in [1.82, 2.24) is 20.2 Å². The number of alkyl carbamates (subject to hydrolysis) is 1. The fourth-order valence-electron chi connectivity index (χ4n) is 3.34. The molecule has 230 valence electrons. The minimum absolute atomic E-state index is 0.0386. The standard InChI is InChI=1S/C28H38N4O8S2/c1-27(2,3)39-25(36)29-15-17-9-11-20(42-8)22(30-17)24(35)38-14-13-32(26(37)40-28(4,5)6)16-18-10-12-19(41-7)21(31-18)23(33)34/h9-12H,13-16H2,1-8H3,(H,29,36)(H,33,34). The molecule has 2 heterocycles. The molecule has 0 aliphatic heterocycles. The molecule has 14 heteroatoms. The van der Waals surface area contributed by atoms with E-state index < -0.39 is 35.3 Å². The summed E-state index contributed by atoms with van der Waals surface area (Å²) in [6, 6.07) is 6.65. The number of nitrogens with one attached hydrogen (secondary N) is 1. The molecule has 0 aromatic carbocycles. The molecule has 0 aliphatic rings. The minimum Gasteiger partial charge on any atom is -0.476 e. The van der Waals surface area contributed by atoms with Crippen LogP contribution in [-0.2, 0) is 27.3 Å². The maximum atomic E-state index is 13.0. The van der Waals surface area contributed by atoms with E-state index >= 15 is 0 Å². The van der Waals surface area contributed by atoms with Gasteiger partial charge in [0.1, 0.15) is 17.8 Å². The SMILES string of the molecule is CSc1ccc(CN(CCOC(=O)c2nc(CNC(=O)OC(C)(C)C)ccc2SC)C(=O)OC(C)(C)C)nc1C(=O)O. The van der Waals surface area contributed by atoms with Crippen molar-refractivity contribution in [3.05, 3.63) is 47.0 Å². The van der Waals surface area contributed by atoms with E-state index in [1.165, 1.54) is 28.4 Å². The van der Waals surface area contributed by atoms with Gasteiger partial charge in [0, 0.05) is 9.79 Å². The lowest BCUT2D eigenvalue weighted by Crippen LogP contribution is -2.39. The van der Waals surface area contributed by atoms with Gasteiger partial charge in [-0.15, -0.1) is 23.5 Å². The second-order valence-electron chi connectivity index (χ2n) is 10.9. The number of hydrogen-bond acceptors (Lipinski definition) is 11. The van der Waals surface area contributed by atoms with Crippen molar-refractivity contribution in [3.63, 3.8) is 0 Å². The molecule has 42 heavy (non-hydrogen) atoms. The van der Waals surface area contributed by atoms with Crippen molar-refractivity contribution in [2.45, 2.75) is 75.6 Å². The summed E-state index contributed by atoms with van der Waals surface area (Å²) in [5.41, 5.74) is -0.745. The van der Waals surface area contributed by atoms with Gasteiger partial charge in [0.15, 0.2) is 11.4 Å². The van der Waals surface area contributed by atoms with Gasteiger partial charge in [0.25, 0.3) is 0 Å². The number of carboxylic acid groups (broad SMARTS) is 1. The van der Waals surface area contributed by atoms with Crippen molar-refractivity contribution in [1.29, 1.82) is 0 Å². The van der Waals surface area contributed by atoms with Gasteiger partial charge in [-0.05, 0) is 78.3 Å². The molecule has 0 atom stereocenters. The fourth-order valence-corrected chi connectivity index (χ4v) is 4.40. The highest BCUT2D eigenvalue weighted by Crippen LogP contribution is 2.22. The maximum absolute atomic E-state index is 13.0. The monoisotopic (exact) mass is 622 g/mol. The molecule has 2 aromatic heterocycles. The second kappa shape index (κ2) is 15.1. The van der Waals surface area contributed by atoms with E-state index in [4.69, 9.17) is 14.2 Å². The number of nitrogens with zero attached hydrogens (tertiary/aromatic N) is 3. The lowest BCUT2D eigenvalue weighted by molar-refractivity contribution is 0.0146. The van der Waals surface area contributed by atoms with Gasteiger partial charge in [-0.2, -0.15) is 0 Å². The van der Waals surface area contributed by atoms with Gasteiger partial charge in [0.2, 0.25) is 0 Å². The average molecular weight is 623 g/mol. The number of ether oxygens (including phenoxy) is 3. The zero-order valence-electron chi connectivity index (χ0n) is 25.1. The van der Waals surface area contributed by atoms with Crippen molar-refractivity contribution < 1.29 is 38.5 Å². The molecule has 0 spiro atoms. The molecule has 0 fully saturated rings. The van der Waals surface area contributed by atoms with E-state index in [0.29, 0.717) is 21.2 Å². The lowest BCUT2D eigenvalue weighted by Gasteiger charge is -2.27. The highest BCUT2D eigenvalue weighted by molar-refractivity contribution is 7.98. The van der Waals surface area contributed by atoms with Crippen LogP contribution in [0.25, 0.3) is 0 Å². The molecular weight excluding hydrogens is 584 g/mol. The average Bonchev–Trinajstić information content (AvgIpc) is 2.89. The molecule has 12 nitrogen and oxygen atoms in total. The van der Waals surface area contributed by atoms with E-state index in [-0.39, 0.29) is 37.6 Å². The van der Waals surface area contributed by atoms with Crippen molar-refractivity contribution >= 4 is 47.6 Å². The first-order chi connectivity index (χ1) is 19.5. The maximum Gasteiger partial charge on any atom is 0.410 e. The number of esters is 1. The first-order valence-corrected chi connectivity index (χ1v) is 15.4. The number of aromatic carboxylic acids is 1. The van der Waals surface area contributed by atoms with Crippen LogP contribution >= 0.6 is 23.5 Å². The Kier molecular flexibility index (Phi) is 12.5. The topological polar surface area (TPSA) is 157 Å². The number of rotatable bonds is 11. The third-order valence-electron chi connectivity index (χ3n) is 5.08. The molecule has 0 unspecified atom stereocenters. The van der Waals surface area contributed by atoms with E-state index in [1.807, 2.05) is 0 Å². The predicted octanol–water partition coefficient (Wildman–Crippen LogP) is 5.24. The molecule has 0 saturated carbocycles. The fraction of sp³-hybridized carbons (Fsp3) is 0.500. The summed E-state index contributed by atoms with van der Waals surface area (Å²) in [7, 11) is 0. The Bertz CT molecular complexity index is 1290. The smallest absolute Gasteiger partial charge is 0.410 e. The van der Waals surface area contributed by atoms with Crippen molar-refractivity contribution in [2.75, 3.05) is 25.7 Å². The van der Waals surface area contributed by atoms with Crippen LogP contribution in [0, 0.1) is 0 Å². The minimum atomic E-state index is -1.18. The molecule has 2 amide bonds. The van der Waals surface area contributed by atoms with Crippen LogP contribution in [0.5, 0.6) is 0 Å². The first kappa shape index (κ1) is 34.7. The van der Waals surface area contributed by atoms with Crippen LogP contribution < -0.4 is 5.32 Å². The van der Waals surface area contributed by atoms with Crippen LogP contribution in [0.15, 0.2) is 34.1 Å². The molecule has 2 N–H and O–H groups in total. The molecule has 0 bridgehead atoms. The first-order valence-electron chi connectivity index (χ1n) is 13.0. The van der Waals surface area contributed by atoms with Crippen LogP contribution in [0.2, 0.25) is 0 Å². The largest absolute Gasteiger partial charge is 0.476 e. The summed E-state index contributed by atoms with van der Waals surface area (Å²) in [6.45, 7) is 10.1. The van der Waals surface area contributed by atoms with E-state index in [0.717, 1.165) is 0 Å². The van der Waals surface area contributed by atoms with E-state index in [9.17, 15) is 24.3 Å². The van der Waals surface area contributed by atoms with E-state index in [2.05, 4.69) is 15.3 Å². The number of carboxylic acids is 1. The van der Waals surface area contributed by atoms with Gasteiger partial charge in [0.05, 0.1) is 31.0 Å². The Morgan fingerprint density at radius 2 is 1.40 bits per heavy atom. The molecule has 0 saturated heterocycles. The Labute approximate surface area is 254 Å². The molecular formula is C28H38N4O8S2. The Balaban J connectivity index is 2.16. The predicted molar refractivity (Wildman–Crippen MR) is 159 cm³/mol. The zero-order valence-corrected chi connectivity index (χ0v) is 26.7. The highest BCUT2D eigenvalue weighted by atomic mass is 32.2. The Morgan fingerprint density at radius 1 is 0.857 bits per heavy atom. The lowest BCUT2D eigenvalue weighted by atomic mass is 10.2. The summed E-state index contributed by atoms with van der Waals surface area (Å²) >= 11 is 2.56. The number of carbonyl (C=O) groups excluding carboxylic acids is 3. The molecule has 2 aromatic rings. The summed E-state index contributed by atoms with van der Waals surface area (Å²) < 4.78 is 16.2. The molecule has 2 rings (SSSR count). The summed E-state index contributed by atoms with van der Waals surface area (Å²) in [5.74, 6) is -1.89. The number of amides is 2. The number of carbonyl (C=O) groups is 4. The van der Waals surface area contributed by atoms with Crippen LogP contribution in [0.1, 0.15) is 73.9 Å². The Hall–Kier alpha value is -3.52. The van der Waals surface area contributed by atoms with Gasteiger partial charge < -0.3 is 24.6 Å². The van der Waals surface area contributed by atoms with Crippen molar-refractivity contribution in [3.8, 4) is 0 Å². The number of thioether (sulfide) groups is 2. The third-order valence-corrected chi connectivity index (χ3v) is 6.62. The van der Waals surface area contributed by atoms with E-state index in [1.54, 1.807) is 78.3 Å². The third kappa shape index (κ3) is 11.4. The summed E-state index contributed by atoms with van der Waals surface area (Å²) in [5, 5.41) is 12.1. The number of pyridine rings is 2. The summed E-state index contributed by atoms with van der Waals surface area (Å²) in [6.07, 6.45) is 2.24. The zero-order chi connectivity index (χ0) is 31.7. The molecule has 0 radical (unpaired) electrons. The number of aromatic nitrogens is 2. The van der Waals surface area contributed by atoms with Crippen LogP contribution in [0.4, 0.5) is 9.59 Å². The van der Waals surface area contributed by atoms with Crippen LogP contribution in [-0.4, -0.2) is 81.0 Å². The van der Waals surface area contributed by atoms with Crippen LogP contribution in [0.3, 0.4) is 0 Å². The van der Waals surface area contributed by atoms with Gasteiger partial charge in [-0.3, -0.25) is 4.90 Å². The van der Waals surface area contributed by atoms with Gasteiger partial charge in [-0.1, -0.05) is 0 Å². The summed E-state index contributed by atoms with van der Waals surface area (Å²) in [4.78, 5) is 60.5. The van der Waals surface area contributed by atoms with Gasteiger partial charge in [-0.25, -0.2) is 29.1 Å². The van der Waals surface area contributed by atoms with Gasteiger partial charge >= 0.3 is 24.1 Å². The Morgan fingerprint density at radius 3 is 1.95 bits per heavy atom. The van der Waals surface area contributed by atoms with Crippen molar-refractivity contribution in [2.24, 2.45) is 0 Å². The quantitative estimate of drug-likeness (QED) is 0.191. The highest BCUT2D eigenvalue weighted by Gasteiger charge is 2.25. The normalized spacial score (nSPS) is 11.4. The molecule has 0 aliphatic carbocycles.